The second kappa shape index (κ2) is 5.19. The summed E-state index contributed by atoms with van der Waals surface area (Å²) in [6.45, 7) is 4.65. The van der Waals surface area contributed by atoms with E-state index in [2.05, 4.69) is 40.3 Å². The van der Waals surface area contributed by atoms with E-state index in [4.69, 9.17) is 9.47 Å². The first kappa shape index (κ1) is 12.5. The predicted molar refractivity (Wildman–Crippen MR) is 74.0 cm³/mol. The van der Waals surface area contributed by atoms with Crippen LogP contribution < -0.4 is 10.1 Å². The summed E-state index contributed by atoms with van der Waals surface area (Å²) >= 11 is 3.57. The Morgan fingerprint density at radius 2 is 2.28 bits per heavy atom. The van der Waals surface area contributed by atoms with E-state index in [9.17, 15) is 0 Å². The zero-order valence-corrected chi connectivity index (χ0v) is 12.1. The zero-order valence-electron chi connectivity index (χ0n) is 10.5. The third-order valence-electron chi connectivity index (χ3n) is 3.76. The molecule has 4 heteroatoms. The summed E-state index contributed by atoms with van der Waals surface area (Å²) in [5.74, 6) is 1.08. The predicted octanol–water partition coefficient (Wildman–Crippen LogP) is 2.65. The van der Waals surface area contributed by atoms with Crippen molar-refractivity contribution >= 4 is 15.9 Å². The monoisotopic (exact) mass is 311 g/mol. The van der Waals surface area contributed by atoms with Crippen LogP contribution in [0.15, 0.2) is 16.6 Å². The van der Waals surface area contributed by atoms with E-state index in [1.54, 1.807) is 0 Å². The van der Waals surface area contributed by atoms with E-state index >= 15 is 0 Å². The molecule has 0 saturated carbocycles. The van der Waals surface area contributed by atoms with E-state index in [1.807, 2.05) is 0 Å². The number of fused-ring (bicyclic) bond motifs is 1. The average molecular weight is 312 g/mol. The lowest BCUT2D eigenvalue weighted by molar-refractivity contribution is 0.113. The van der Waals surface area contributed by atoms with Gasteiger partial charge in [0.25, 0.3) is 0 Å². The molecule has 1 N–H and O–H groups in total. The molecule has 18 heavy (non-hydrogen) atoms. The van der Waals surface area contributed by atoms with Gasteiger partial charge in [0.15, 0.2) is 0 Å². The Morgan fingerprint density at radius 1 is 1.39 bits per heavy atom. The molecule has 2 atom stereocenters. The normalized spacial score (nSPS) is 26.1. The van der Waals surface area contributed by atoms with Crippen molar-refractivity contribution in [1.29, 1.82) is 0 Å². The number of rotatable bonds is 3. The SMILES string of the molecule is CC1OCCC1NCc1cc(Br)cc2c1OCC2. The summed E-state index contributed by atoms with van der Waals surface area (Å²) in [5.41, 5.74) is 2.56. The summed E-state index contributed by atoms with van der Waals surface area (Å²) in [5, 5.41) is 3.58. The Balaban J connectivity index is 1.73. The van der Waals surface area contributed by atoms with Gasteiger partial charge in [-0.3, -0.25) is 0 Å². The van der Waals surface area contributed by atoms with Crippen LogP contribution >= 0.6 is 15.9 Å². The van der Waals surface area contributed by atoms with E-state index in [-0.39, 0.29) is 0 Å². The minimum absolute atomic E-state index is 0.311. The second-order valence-corrected chi connectivity index (χ2v) is 5.92. The highest BCUT2D eigenvalue weighted by Gasteiger charge is 2.24. The molecule has 1 saturated heterocycles. The fourth-order valence-corrected chi connectivity index (χ4v) is 3.27. The van der Waals surface area contributed by atoms with Crippen LogP contribution in [0.25, 0.3) is 0 Å². The van der Waals surface area contributed by atoms with Crippen LogP contribution in [0.2, 0.25) is 0 Å². The van der Waals surface area contributed by atoms with Gasteiger partial charge in [0.05, 0.1) is 12.7 Å². The number of ether oxygens (including phenoxy) is 2. The van der Waals surface area contributed by atoms with Crippen molar-refractivity contribution in [3.63, 3.8) is 0 Å². The largest absolute Gasteiger partial charge is 0.493 e. The number of nitrogens with one attached hydrogen (secondary N) is 1. The summed E-state index contributed by atoms with van der Waals surface area (Å²) in [4.78, 5) is 0. The molecule has 0 radical (unpaired) electrons. The lowest BCUT2D eigenvalue weighted by Crippen LogP contribution is -2.34. The summed E-state index contributed by atoms with van der Waals surface area (Å²) in [6, 6.07) is 4.77. The molecule has 0 spiro atoms. The molecular weight excluding hydrogens is 294 g/mol. The molecular formula is C14H18BrNO2. The lowest BCUT2D eigenvalue weighted by atomic mass is 10.1. The van der Waals surface area contributed by atoms with Gasteiger partial charge in [0, 0.05) is 35.7 Å². The number of hydrogen-bond acceptors (Lipinski definition) is 3. The van der Waals surface area contributed by atoms with Gasteiger partial charge < -0.3 is 14.8 Å². The van der Waals surface area contributed by atoms with Crippen LogP contribution in [-0.2, 0) is 17.7 Å². The van der Waals surface area contributed by atoms with E-state index in [1.165, 1.54) is 11.1 Å². The molecule has 0 bridgehead atoms. The highest BCUT2D eigenvalue weighted by atomic mass is 79.9. The van der Waals surface area contributed by atoms with Crippen molar-refractivity contribution in [2.75, 3.05) is 13.2 Å². The smallest absolute Gasteiger partial charge is 0.127 e. The highest BCUT2D eigenvalue weighted by Crippen LogP contribution is 2.33. The van der Waals surface area contributed by atoms with E-state index in [0.29, 0.717) is 12.1 Å². The molecule has 1 fully saturated rings. The fraction of sp³-hybridized carbons (Fsp3) is 0.571. The zero-order chi connectivity index (χ0) is 12.5. The van der Waals surface area contributed by atoms with Crippen molar-refractivity contribution in [2.24, 2.45) is 0 Å². The van der Waals surface area contributed by atoms with Gasteiger partial charge >= 0.3 is 0 Å². The van der Waals surface area contributed by atoms with Gasteiger partial charge in [0.1, 0.15) is 5.75 Å². The summed E-state index contributed by atoms with van der Waals surface area (Å²) < 4.78 is 12.4. The van der Waals surface area contributed by atoms with Crippen LogP contribution in [0.4, 0.5) is 0 Å². The fourth-order valence-electron chi connectivity index (χ4n) is 2.72. The van der Waals surface area contributed by atoms with Gasteiger partial charge in [0.2, 0.25) is 0 Å². The van der Waals surface area contributed by atoms with Crippen LogP contribution in [0.3, 0.4) is 0 Å². The molecule has 0 aromatic heterocycles. The standard InChI is InChI=1S/C14H18BrNO2/c1-9-13(3-5-17-9)16-8-11-7-12(15)6-10-2-4-18-14(10)11/h6-7,9,13,16H,2-5,8H2,1H3. The molecule has 3 rings (SSSR count). The first-order valence-corrected chi connectivity index (χ1v) is 7.32. The lowest BCUT2D eigenvalue weighted by Gasteiger charge is -2.17. The molecule has 0 amide bonds. The average Bonchev–Trinajstić information content (AvgIpc) is 2.94. The molecule has 2 heterocycles. The highest BCUT2D eigenvalue weighted by molar-refractivity contribution is 9.10. The minimum Gasteiger partial charge on any atom is -0.493 e. The Labute approximate surface area is 116 Å². The third-order valence-corrected chi connectivity index (χ3v) is 4.21. The van der Waals surface area contributed by atoms with Crippen LogP contribution in [0.1, 0.15) is 24.5 Å². The molecule has 98 valence electrons. The van der Waals surface area contributed by atoms with E-state index < -0.39 is 0 Å². The number of hydrogen-bond donors (Lipinski definition) is 1. The van der Waals surface area contributed by atoms with Crippen LogP contribution in [-0.4, -0.2) is 25.4 Å². The Bertz CT molecular complexity index is 450. The first-order valence-electron chi connectivity index (χ1n) is 6.53. The van der Waals surface area contributed by atoms with Crippen LogP contribution in [0, 0.1) is 0 Å². The van der Waals surface area contributed by atoms with Crippen LogP contribution in [0.5, 0.6) is 5.75 Å². The molecule has 2 aliphatic rings. The maximum atomic E-state index is 5.73. The Hall–Kier alpha value is -0.580. The number of halogens is 1. The van der Waals surface area contributed by atoms with Gasteiger partial charge in [-0.25, -0.2) is 0 Å². The van der Waals surface area contributed by atoms with Crippen molar-refractivity contribution < 1.29 is 9.47 Å². The van der Waals surface area contributed by atoms with Crippen molar-refractivity contribution in [3.8, 4) is 5.75 Å². The molecule has 1 aromatic rings. The minimum atomic E-state index is 0.311. The summed E-state index contributed by atoms with van der Waals surface area (Å²) in [6.07, 6.45) is 2.43. The molecule has 0 aliphatic carbocycles. The van der Waals surface area contributed by atoms with Crippen molar-refractivity contribution in [1.82, 2.24) is 5.32 Å². The Morgan fingerprint density at radius 3 is 3.06 bits per heavy atom. The molecule has 2 unspecified atom stereocenters. The van der Waals surface area contributed by atoms with Gasteiger partial charge in [-0.2, -0.15) is 0 Å². The number of benzene rings is 1. The molecule has 1 aromatic carbocycles. The first-order chi connectivity index (χ1) is 8.74. The van der Waals surface area contributed by atoms with Crippen molar-refractivity contribution in [2.45, 2.75) is 38.5 Å². The molecule has 3 nitrogen and oxygen atoms in total. The summed E-state index contributed by atoms with van der Waals surface area (Å²) in [7, 11) is 0. The molecule has 2 aliphatic heterocycles. The maximum absolute atomic E-state index is 5.73. The topological polar surface area (TPSA) is 30.5 Å². The third kappa shape index (κ3) is 2.42. The van der Waals surface area contributed by atoms with Gasteiger partial charge in [-0.1, -0.05) is 15.9 Å². The maximum Gasteiger partial charge on any atom is 0.127 e. The van der Waals surface area contributed by atoms with Crippen molar-refractivity contribution in [3.05, 3.63) is 27.7 Å². The second-order valence-electron chi connectivity index (χ2n) is 5.00. The Kier molecular flexibility index (Phi) is 3.59. The van der Waals surface area contributed by atoms with Gasteiger partial charge in [-0.05, 0) is 31.0 Å². The quantitative estimate of drug-likeness (QED) is 0.931. The van der Waals surface area contributed by atoms with Gasteiger partial charge in [-0.15, -0.1) is 0 Å². The van der Waals surface area contributed by atoms with E-state index in [0.717, 1.165) is 42.8 Å².